The fourth-order valence-electron chi connectivity index (χ4n) is 1.46. The first-order valence-corrected chi connectivity index (χ1v) is 4.99. The molecular formula is C9H18N2O3. The van der Waals surface area contributed by atoms with E-state index in [1.54, 1.807) is 0 Å². The molecule has 14 heavy (non-hydrogen) atoms. The van der Waals surface area contributed by atoms with Gasteiger partial charge in [0.15, 0.2) is 0 Å². The third-order valence-corrected chi connectivity index (χ3v) is 2.31. The Morgan fingerprint density at radius 2 is 2.00 bits per heavy atom. The van der Waals surface area contributed by atoms with Crippen LogP contribution in [0.3, 0.4) is 0 Å². The number of aliphatic hydroxyl groups is 2. The number of aliphatic hydroxyl groups excluding tert-OH is 2. The molecule has 0 aromatic carbocycles. The predicted molar refractivity (Wildman–Crippen MR) is 51.8 cm³/mol. The molecule has 1 saturated heterocycles. The first-order valence-electron chi connectivity index (χ1n) is 4.99. The zero-order valence-electron chi connectivity index (χ0n) is 8.44. The highest BCUT2D eigenvalue weighted by atomic mass is 16.3. The van der Waals surface area contributed by atoms with Gasteiger partial charge in [-0.2, -0.15) is 0 Å². The Kier molecular flexibility index (Phi) is 4.31. The molecule has 0 aliphatic carbocycles. The lowest BCUT2D eigenvalue weighted by atomic mass is 10.3. The van der Waals surface area contributed by atoms with Crippen molar-refractivity contribution in [2.24, 2.45) is 0 Å². The van der Waals surface area contributed by atoms with Gasteiger partial charge in [0, 0.05) is 13.1 Å². The van der Waals surface area contributed by atoms with Crippen molar-refractivity contribution in [1.82, 2.24) is 10.2 Å². The molecule has 0 radical (unpaired) electrons. The van der Waals surface area contributed by atoms with Crippen LogP contribution in [-0.4, -0.2) is 59.4 Å². The number of nitrogens with one attached hydrogen (secondary N) is 1. The summed E-state index contributed by atoms with van der Waals surface area (Å²) < 4.78 is 0. The van der Waals surface area contributed by atoms with Crippen LogP contribution in [0.2, 0.25) is 0 Å². The van der Waals surface area contributed by atoms with E-state index in [2.05, 4.69) is 5.32 Å². The van der Waals surface area contributed by atoms with Gasteiger partial charge in [-0.15, -0.1) is 0 Å². The van der Waals surface area contributed by atoms with Gasteiger partial charge in [-0.05, 0) is 13.0 Å². The van der Waals surface area contributed by atoms with E-state index in [0.29, 0.717) is 0 Å². The van der Waals surface area contributed by atoms with E-state index in [0.717, 1.165) is 13.0 Å². The van der Waals surface area contributed by atoms with Crippen molar-refractivity contribution in [1.29, 1.82) is 0 Å². The minimum Gasteiger partial charge on any atom is -0.388 e. The van der Waals surface area contributed by atoms with Crippen molar-refractivity contribution in [2.75, 3.05) is 26.2 Å². The van der Waals surface area contributed by atoms with Gasteiger partial charge in [0.2, 0.25) is 5.91 Å². The van der Waals surface area contributed by atoms with E-state index in [-0.39, 0.29) is 25.5 Å². The Morgan fingerprint density at radius 1 is 1.43 bits per heavy atom. The highest BCUT2D eigenvalue weighted by Gasteiger charge is 2.31. The lowest BCUT2D eigenvalue weighted by Gasteiger charge is -2.15. The smallest absolute Gasteiger partial charge is 0.236 e. The molecule has 3 N–H and O–H groups in total. The average molecular weight is 202 g/mol. The van der Waals surface area contributed by atoms with Crippen molar-refractivity contribution in [3.8, 4) is 0 Å². The summed E-state index contributed by atoms with van der Waals surface area (Å²) in [6.07, 6.45) is -0.589. The molecule has 5 nitrogen and oxygen atoms in total. The number of nitrogens with zero attached hydrogens (tertiary/aromatic N) is 1. The quantitative estimate of drug-likeness (QED) is 0.488. The van der Waals surface area contributed by atoms with Crippen LogP contribution >= 0.6 is 0 Å². The molecule has 1 rings (SSSR count). The van der Waals surface area contributed by atoms with Crippen LogP contribution in [0.15, 0.2) is 0 Å². The number of β-amino-alcohol motifs (C(OH)–C–C–N with tert-alkyl or cyclic N) is 2. The fourth-order valence-corrected chi connectivity index (χ4v) is 1.46. The lowest BCUT2D eigenvalue weighted by Crippen LogP contribution is -2.37. The molecule has 0 spiro atoms. The van der Waals surface area contributed by atoms with Gasteiger partial charge >= 0.3 is 0 Å². The van der Waals surface area contributed by atoms with E-state index in [4.69, 9.17) is 0 Å². The number of likely N-dealkylation sites (tertiary alicyclic amines) is 1. The van der Waals surface area contributed by atoms with E-state index in [1.165, 1.54) is 4.90 Å². The van der Waals surface area contributed by atoms with E-state index >= 15 is 0 Å². The molecule has 0 bridgehead atoms. The Labute approximate surface area is 83.7 Å². The van der Waals surface area contributed by atoms with Crippen molar-refractivity contribution in [3.05, 3.63) is 0 Å². The second-order valence-corrected chi connectivity index (χ2v) is 3.61. The molecule has 1 heterocycles. The predicted octanol–water partition coefficient (Wildman–Crippen LogP) is -1.45. The van der Waals surface area contributed by atoms with Gasteiger partial charge < -0.3 is 20.4 Å². The molecule has 82 valence electrons. The fraction of sp³-hybridized carbons (Fsp3) is 0.889. The van der Waals surface area contributed by atoms with Crippen LogP contribution in [0.1, 0.15) is 13.3 Å². The molecule has 1 fully saturated rings. The zero-order valence-corrected chi connectivity index (χ0v) is 8.44. The first kappa shape index (κ1) is 11.4. The number of carbonyl (C=O) groups is 1. The van der Waals surface area contributed by atoms with Gasteiger partial charge in [-0.25, -0.2) is 0 Å². The average Bonchev–Trinajstić information content (AvgIpc) is 2.47. The Hall–Kier alpha value is -0.650. The monoisotopic (exact) mass is 202 g/mol. The summed E-state index contributed by atoms with van der Waals surface area (Å²) >= 11 is 0. The number of hydrogen-bond acceptors (Lipinski definition) is 4. The Balaban J connectivity index is 2.25. The van der Waals surface area contributed by atoms with Gasteiger partial charge in [0.05, 0.1) is 18.8 Å². The maximum absolute atomic E-state index is 11.5. The molecule has 0 aromatic rings. The van der Waals surface area contributed by atoms with E-state index in [1.807, 2.05) is 6.92 Å². The third kappa shape index (κ3) is 2.94. The molecule has 1 aliphatic heterocycles. The summed E-state index contributed by atoms with van der Waals surface area (Å²) in [7, 11) is 0. The summed E-state index contributed by atoms with van der Waals surface area (Å²) in [6.45, 7) is 3.61. The maximum atomic E-state index is 11.5. The Morgan fingerprint density at radius 3 is 2.50 bits per heavy atom. The van der Waals surface area contributed by atoms with Crippen LogP contribution in [0.5, 0.6) is 0 Å². The minimum atomic E-state index is -0.787. The highest BCUT2D eigenvalue weighted by molar-refractivity contribution is 5.78. The molecule has 1 aliphatic rings. The van der Waals surface area contributed by atoms with Gasteiger partial charge in [0.25, 0.3) is 0 Å². The second kappa shape index (κ2) is 5.29. The van der Waals surface area contributed by atoms with E-state index in [9.17, 15) is 15.0 Å². The maximum Gasteiger partial charge on any atom is 0.236 e. The van der Waals surface area contributed by atoms with Crippen LogP contribution in [0.4, 0.5) is 0 Å². The highest BCUT2D eigenvalue weighted by Crippen LogP contribution is 2.09. The molecule has 0 aromatic heterocycles. The van der Waals surface area contributed by atoms with Crippen LogP contribution in [-0.2, 0) is 4.79 Å². The number of rotatable bonds is 4. The largest absolute Gasteiger partial charge is 0.388 e. The summed E-state index contributed by atoms with van der Waals surface area (Å²) in [5, 5.41) is 21.4. The molecule has 5 heteroatoms. The minimum absolute atomic E-state index is 0.0611. The summed E-state index contributed by atoms with van der Waals surface area (Å²) in [4.78, 5) is 12.9. The number of hydrogen-bond donors (Lipinski definition) is 3. The first-order chi connectivity index (χ1) is 6.65. The number of carbonyl (C=O) groups excluding carboxylic acids is 1. The molecular weight excluding hydrogens is 184 g/mol. The molecule has 2 unspecified atom stereocenters. The van der Waals surface area contributed by atoms with Crippen LogP contribution < -0.4 is 5.32 Å². The second-order valence-electron chi connectivity index (χ2n) is 3.61. The molecule has 1 amide bonds. The van der Waals surface area contributed by atoms with E-state index < -0.39 is 12.2 Å². The van der Waals surface area contributed by atoms with Crippen molar-refractivity contribution in [2.45, 2.75) is 25.6 Å². The summed E-state index contributed by atoms with van der Waals surface area (Å²) in [6, 6.07) is 0. The zero-order chi connectivity index (χ0) is 10.6. The van der Waals surface area contributed by atoms with Gasteiger partial charge in [-0.1, -0.05) is 6.92 Å². The van der Waals surface area contributed by atoms with Crippen molar-refractivity contribution >= 4 is 5.91 Å². The Bertz CT molecular complexity index is 188. The van der Waals surface area contributed by atoms with Gasteiger partial charge in [0.1, 0.15) is 0 Å². The van der Waals surface area contributed by atoms with Gasteiger partial charge in [-0.3, -0.25) is 4.79 Å². The summed E-state index contributed by atoms with van der Waals surface area (Å²) in [5.74, 6) is -0.0611. The molecule has 2 atom stereocenters. The summed E-state index contributed by atoms with van der Waals surface area (Å²) in [5.41, 5.74) is 0. The SMILES string of the molecule is CCCNCC(=O)N1CC(O)C(O)C1. The molecule has 0 saturated carbocycles. The van der Waals surface area contributed by atoms with Crippen LogP contribution in [0.25, 0.3) is 0 Å². The topological polar surface area (TPSA) is 72.8 Å². The third-order valence-electron chi connectivity index (χ3n) is 2.31. The number of amides is 1. The normalized spacial score (nSPS) is 26.9. The standard InChI is InChI=1S/C9H18N2O3/c1-2-3-10-4-9(14)11-5-7(12)8(13)6-11/h7-8,10,12-13H,2-6H2,1H3. The lowest BCUT2D eigenvalue weighted by molar-refractivity contribution is -0.129. The van der Waals surface area contributed by atoms with Crippen molar-refractivity contribution < 1.29 is 15.0 Å². The van der Waals surface area contributed by atoms with Crippen molar-refractivity contribution in [3.63, 3.8) is 0 Å². The van der Waals surface area contributed by atoms with Crippen LogP contribution in [0, 0.1) is 0 Å².